The van der Waals surface area contributed by atoms with Crippen LogP contribution in [0.2, 0.25) is 0 Å². The highest BCUT2D eigenvalue weighted by Gasteiger charge is 2.19. The van der Waals surface area contributed by atoms with E-state index in [1.165, 1.54) is 28.0 Å². The molecular weight excluding hydrogens is 370 g/mol. The van der Waals surface area contributed by atoms with Crippen molar-refractivity contribution >= 4 is 21.6 Å². The molecule has 0 aliphatic rings. The van der Waals surface area contributed by atoms with Crippen molar-refractivity contribution in [2.45, 2.75) is 33.4 Å². The molecule has 28 heavy (non-hydrogen) atoms. The average molecular weight is 394 g/mol. The van der Waals surface area contributed by atoms with E-state index in [9.17, 15) is 4.79 Å². The fourth-order valence-electron chi connectivity index (χ4n) is 3.41. The maximum Gasteiger partial charge on any atom is 0.260 e. The fourth-order valence-corrected chi connectivity index (χ4v) is 4.35. The van der Waals surface area contributed by atoms with E-state index >= 15 is 0 Å². The van der Waals surface area contributed by atoms with Gasteiger partial charge in [-0.3, -0.25) is 9.69 Å². The van der Waals surface area contributed by atoms with Crippen LogP contribution >= 0.6 is 11.3 Å². The zero-order valence-corrected chi connectivity index (χ0v) is 17.3. The smallest absolute Gasteiger partial charge is 0.260 e. The molecule has 0 bridgehead atoms. The number of aryl methyl sites for hydroxylation is 2. The Kier molecular flexibility index (Phi) is 4.91. The number of H-pyrrole nitrogens is 1. The van der Waals surface area contributed by atoms with E-state index in [-0.39, 0.29) is 11.6 Å². The van der Waals surface area contributed by atoms with Gasteiger partial charge in [-0.2, -0.15) is 0 Å². The topological polar surface area (TPSA) is 62.1 Å². The molecule has 144 valence electrons. The molecule has 3 aromatic heterocycles. The summed E-state index contributed by atoms with van der Waals surface area (Å²) in [7, 11) is 2.05. The Hall–Kier alpha value is -2.70. The molecule has 0 saturated carbocycles. The summed E-state index contributed by atoms with van der Waals surface area (Å²) in [6.45, 7) is 7.09. The molecular formula is C22H23N3O2S. The van der Waals surface area contributed by atoms with Gasteiger partial charge in [-0.1, -0.05) is 23.8 Å². The number of rotatable bonds is 5. The molecule has 0 fully saturated rings. The highest BCUT2D eigenvalue weighted by molar-refractivity contribution is 7.17. The van der Waals surface area contributed by atoms with Gasteiger partial charge in [0.2, 0.25) is 0 Å². The number of aromatic nitrogens is 2. The summed E-state index contributed by atoms with van der Waals surface area (Å²) in [5.41, 5.74) is 4.48. The molecule has 0 aliphatic carbocycles. The summed E-state index contributed by atoms with van der Waals surface area (Å²) in [4.78, 5) is 23.5. The second-order valence-corrected chi connectivity index (χ2v) is 8.14. The van der Waals surface area contributed by atoms with Gasteiger partial charge >= 0.3 is 0 Å². The monoisotopic (exact) mass is 393 g/mol. The molecule has 3 heterocycles. The van der Waals surface area contributed by atoms with Crippen molar-refractivity contribution in [2.75, 3.05) is 7.05 Å². The van der Waals surface area contributed by atoms with Crippen LogP contribution in [0.1, 0.15) is 35.5 Å². The molecule has 0 radical (unpaired) electrons. The third-order valence-electron chi connectivity index (χ3n) is 5.22. The van der Waals surface area contributed by atoms with Gasteiger partial charge in [-0.25, -0.2) is 4.98 Å². The SMILES string of the molecule is Cc1ccc(CN(C)C(C)c2nc3scc(-c4ccco4)c3c(=O)[nH]2)c(C)c1. The summed E-state index contributed by atoms with van der Waals surface area (Å²) < 4.78 is 5.46. The predicted molar refractivity (Wildman–Crippen MR) is 114 cm³/mol. The summed E-state index contributed by atoms with van der Waals surface area (Å²) >= 11 is 1.47. The van der Waals surface area contributed by atoms with E-state index < -0.39 is 0 Å². The molecule has 4 rings (SSSR count). The number of aromatic amines is 1. The predicted octanol–water partition coefficient (Wildman–Crippen LogP) is 5.05. The molecule has 0 spiro atoms. The number of furan rings is 1. The van der Waals surface area contributed by atoms with Gasteiger partial charge in [0.15, 0.2) is 0 Å². The molecule has 1 unspecified atom stereocenters. The highest BCUT2D eigenvalue weighted by atomic mass is 32.1. The number of fused-ring (bicyclic) bond motifs is 1. The lowest BCUT2D eigenvalue weighted by atomic mass is 10.0. The zero-order chi connectivity index (χ0) is 19.8. The van der Waals surface area contributed by atoms with Gasteiger partial charge < -0.3 is 9.40 Å². The summed E-state index contributed by atoms with van der Waals surface area (Å²) in [5, 5.41) is 2.52. The van der Waals surface area contributed by atoms with E-state index in [1.807, 2.05) is 17.5 Å². The van der Waals surface area contributed by atoms with Crippen molar-refractivity contribution in [3.05, 3.63) is 74.8 Å². The van der Waals surface area contributed by atoms with E-state index in [2.05, 4.69) is 55.9 Å². The van der Waals surface area contributed by atoms with E-state index in [4.69, 9.17) is 9.40 Å². The minimum atomic E-state index is -0.126. The van der Waals surface area contributed by atoms with E-state index in [1.54, 1.807) is 6.26 Å². The Morgan fingerprint density at radius 3 is 2.82 bits per heavy atom. The standard InChI is InChI=1S/C22H23N3O2S/c1-13-7-8-16(14(2)10-13)11-25(4)15(3)20-23-21(26)19-17(12-28-22(19)24-20)18-6-5-9-27-18/h5-10,12,15H,11H2,1-4H3,(H,23,24,26). The Balaban J connectivity index is 1.64. The normalized spacial score (nSPS) is 12.8. The van der Waals surface area contributed by atoms with Crippen LogP contribution in [0, 0.1) is 13.8 Å². The largest absolute Gasteiger partial charge is 0.464 e. The van der Waals surface area contributed by atoms with Crippen molar-refractivity contribution < 1.29 is 4.42 Å². The Morgan fingerprint density at radius 1 is 1.29 bits per heavy atom. The van der Waals surface area contributed by atoms with Gasteiger partial charge in [0, 0.05) is 17.5 Å². The van der Waals surface area contributed by atoms with Crippen LogP contribution in [0.25, 0.3) is 21.5 Å². The van der Waals surface area contributed by atoms with Crippen LogP contribution in [-0.2, 0) is 6.54 Å². The first kappa shape index (κ1) is 18.7. The molecule has 4 aromatic rings. The Bertz CT molecular complexity index is 1170. The van der Waals surface area contributed by atoms with Crippen molar-refractivity contribution in [3.8, 4) is 11.3 Å². The minimum absolute atomic E-state index is 0.0213. The van der Waals surface area contributed by atoms with Gasteiger partial charge in [-0.05, 0) is 51.1 Å². The maximum atomic E-state index is 12.8. The van der Waals surface area contributed by atoms with Gasteiger partial charge in [0.1, 0.15) is 16.4 Å². The van der Waals surface area contributed by atoms with Crippen molar-refractivity contribution in [1.82, 2.24) is 14.9 Å². The van der Waals surface area contributed by atoms with E-state index in [0.717, 1.165) is 16.9 Å². The molecule has 1 N–H and O–H groups in total. The number of hydrogen-bond acceptors (Lipinski definition) is 5. The molecule has 0 aliphatic heterocycles. The molecule has 5 nitrogen and oxygen atoms in total. The van der Waals surface area contributed by atoms with Crippen LogP contribution in [0.4, 0.5) is 0 Å². The van der Waals surface area contributed by atoms with Crippen LogP contribution in [0.5, 0.6) is 0 Å². The molecule has 6 heteroatoms. The van der Waals surface area contributed by atoms with Crippen LogP contribution in [0.3, 0.4) is 0 Å². The maximum absolute atomic E-state index is 12.8. The average Bonchev–Trinajstić information content (AvgIpc) is 3.32. The zero-order valence-electron chi connectivity index (χ0n) is 16.4. The molecule has 0 saturated heterocycles. The number of nitrogens with zero attached hydrogens (tertiary/aromatic N) is 2. The Labute approximate surface area is 167 Å². The van der Waals surface area contributed by atoms with Crippen LogP contribution < -0.4 is 5.56 Å². The number of hydrogen-bond donors (Lipinski definition) is 1. The highest BCUT2D eigenvalue weighted by Crippen LogP contribution is 2.31. The Morgan fingerprint density at radius 2 is 2.11 bits per heavy atom. The third-order valence-corrected chi connectivity index (χ3v) is 6.10. The first-order valence-electron chi connectivity index (χ1n) is 9.25. The van der Waals surface area contributed by atoms with Crippen molar-refractivity contribution in [1.29, 1.82) is 0 Å². The molecule has 0 amide bonds. The molecule has 1 atom stereocenters. The summed E-state index contributed by atoms with van der Waals surface area (Å²) in [6, 6.07) is 10.2. The third kappa shape index (κ3) is 3.41. The lowest BCUT2D eigenvalue weighted by Gasteiger charge is -2.24. The van der Waals surface area contributed by atoms with Crippen molar-refractivity contribution in [2.24, 2.45) is 0 Å². The van der Waals surface area contributed by atoms with Crippen molar-refractivity contribution in [3.63, 3.8) is 0 Å². The lowest BCUT2D eigenvalue weighted by Crippen LogP contribution is -2.26. The van der Waals surface area contributed by atoms with E-state index in [0.29, 0.717) is 17.0 Å². The van der Waals surface area contributed by atoms with Crippen LogP contribution in [0.15, 0.2) is 51.2 Å². The van der Waals surface area contributed by atoms with Gasteiger partial charge in [0.05, 0.1) is 17.7 Å². The second-order valence-electron chi connectivity index (χ2n) is 7.28. The number of nitrogens with one attached hydrogen (secondary N) is 1. The number of thiophene rings is 1. The second kappa shape index (κ2) is 7.37. The van der Waals surface area contributed by atoms with Crippen LogP contribution in [-0.4, -0.2) is 21.9 Å². The van der Waals surface area contributed by atoms with Gasteiger partial charge in [0.25, 0.3) is 5.56 Å². The van der Waals surface area contributed by atoms with Gasteiger partial charge in [-0.15, -0.1) is 11.3 Å². The quantitative estimate of drug-likeness (QED) is 0.515. The fraction of sp³-hybridized carbons (Fsp3) is 0.273. The lowest BCUT2D eigenvalue weighted by molar-refractivity contribution is 0.243. The first-order valence-corrected chi connectivity index (χ1v) is 10.1. The summed E-state index contributed by atoms with van der Waals surface area (Å²) in [5.74, 6) is 1.36. The molecule has 1 aromatic carbocycles. The first-order chi connectivity index (χ1) is 13.4. The minimum Gasteiger partial charge on any atom is -0.464 e. The number of benzene rings is 1. The summed E-state index contributed by atoms with van der Waals surface area (Å²) in [6.07, 6.45) is 1.61.